The minimum atomic E-state index is -0.217. The minimum absolute atomic E-state index is 0.217. The van der Waals surface area contributed by atoms with E-state index in [2.05, 4.69) is 39.7 Å². The van der Waals surface area contributed by atoms with Gasteiger partial charge in [-0.15, -0.1) is 0 Å². The van der Waals surface area contributed by atoms with Crippen molar-refractivity contribution in [2.75, 3.05) is 0 Å². The van der Waals surface area contributed by atoms with Crippen LogP contribution >= 0.6 is 15.9 Å². The van der Waals surface area contributed by atoms with E-state index in [-0.39, 0.29) is 5.56 Å². The number of aryl methyl sites for hydroxylation is 1. The number of H-pyrrole nitrogens is 1. The molecule has 1 N–H and O–H groups in total. The summed E-state index contributed by atoms with van der Waals surface area (Å²) in [4.78, 5) is 18.1. The highest BCUT2D eigenvalue weighted by atomic mass is 79.9. The predicted octanol–water partition coefficient (Wildman–Crippen LogP) is 3.76. The second kappa shape index (κ2) is 5.57. The molecule has 2 rings (SSSR count). The standard InChI is InChI=1S/C14H15BrN2O2/c1-8(2)11-6-10(15)4-5-12(11)19-14-7-13(18)16-9(3)17-14/h4-8H,1-3H3,(H,16,17,18). The number of nitrogens with zero attached hydrogens (tertiary/aromatic N) is 1. The van der Waals surface area contributed by atoms with Crippen molar-refractivity contribution in [3.63, 3.8) is 0 Å². The van der Waals surface area contributed by atoms with Crippen molar-refractivity contribution >= 4 is 15.9 Å². The largest absolute Gasteiger partial charge is 0.438 e. The summed E-state index contributed by atoms with van der Waals surface area (Å²) in [5.41, 5.74) is 0.847. The molecule has 0 spiro atoms. The van der Waals surface area contributed by atoms with Crippen LogP contribution in [0.2, 0.25) is 0 Å². The summed E-state index contributed by atoms with van der Waals surface area (Å²) in [7, 11) is 0. The molecule has 0 aliphatic rings. The smallest absolute Gasteiger partial charge is 0.254 e. The molecule has 0 aliphatic carbocycles. The lowest BCUT2D eigenvalue weighted by Gasteiger charge is -2.13. The van der Waals surface area contributed by atoms with Crippen LogP contribution < -0.4 is 10.3 Å². The molecule has 0 bridgehead atoms. The van der Waals surface area contributed by atoms with Gasteiger partial charge in [-0.3, -0.25) is 4.79 Å². The van der Waals surface area contributed by atoms with Crippen LogP contribution in [0.1, 0.15) is 31.2 Å². The molecular weight excluding hydrogens is 308 g/mol. The summed E-state index contributed by atoms with van der Waals surface area (Å²) in [5, 5.41) is 0. The van der Waals surface area contributed by atoms with Crippen molar-refractivity contribution in [1.29, 1.82) is 0 Å². The monoisotopic (exact) mass is 322 g/mol. The summed E-state index contributed by atoms with van der Waals surface area (Å²) in [6.07, 6.45) is 0. The van der Waals surface area contributed by atoms with E-state index in [1.54, 1.807) is 6.92 Å². The topological polar surface area (TPSA) is 55.0 Å². The van der Waals surface area contributed by atoms with Gasteiger partial charge >= 0.3 is 0 Å². The molecule has 4 nitrogen and oxygen atoms in total. The highest BCUT2D eigenvalue weighted by Crippen LogP contribution is 2.31. The van der Waals surface area contributed by atoms with Gasteiger partial charge < -0.3 is 9.72 Å². The van der Waals surface area contributed by atoms with E-state index in [0.29, 0.717) is 17.6 Å². The third-order valence-electron chi connectivity index (χ3n) is 2.64. The summed E-state index contributed by atoms with van der Waals surface area (Å²) in [6.45, 7) is 5.90. The molecule has 5 heteroatoms. The van der Waals surface area contributed by atoms with Crippen LogP contribution in [0.3, 0.4) is 0 Å². The average Bonchev–Trinajstić information content (AvgIpc) is 2.30. The molecule has 0 saturated carbocycles. The minimum Gasteiger partial charge on any atom is -0.438 e. The molecule has 0 radical (unpaired) electrons. The average molecular weight is 323 g/mol. The molecule has 0 fully saturated rings. The van der Waals surface area contributed by atoms with Crippen molar-refractivity contribution < 1.29 is 4.74 Å². The maximum atomic E-state index is 11.4. The van der Waals surface area contributed by atoms with Gasteiger partial charge in [-0.05, 0) is 36.6 Å². The Balaban J connectivity index is 2.40. The summed E-state index contributed by atoms with van der Waals surface area (Å²) < 4.78 is 6.73. The van der Waals surface area contributed by atoms with Gasteiger partial charge in [0.25, 0.3) is 5.56 Å². The normalized spacial score (nSPS) is 10.8. The van der Waals surface area contributed by atoms with Crippen LogP contribution in [0.25, 0.3) is 0 Å². The third kappa shape index (κ3) is 3.44. The van der Waals surface area contributed by atoms with Crippen molar-refractivity contribution in [2.24, 2.45) is 0 Å². The third-order valence-corrected chi connectivity index (χ3v) is 3.14. The summed E-state index contributed by atoms with van der Waals surface area (Å²) in [5.74, 6) is 1.88. The van der Waals surface area contributed by atoms with Gasteiger partial charge in [-0.2, -0.15) is 0 Å². The van der Waals surface area contributed by atoms with Crippen LogP contribution in [-0.2, 0) is 0 Å². The van der Waals surface area contributed by atoms with Gasteiger partial charge in [0.1, 0.15) is 11.6 Å². The lowest BCUT2D eigenvalue weighted by Crippen LogP contribution is -2.08. The molecule has 1 heterocycles. The van der Waals surface area contributed by atoms with Gasteiger partial charge in [0.15, 0.2) is 0 Å². The van der Waals surface area contributed by atoms with Crippen molar-refractivity contribution in [2.45, 2.75) is 26.7 Å². The summed E-state index contributed by atoms with van der Waals surface area (Å²) in [6, 6.07) is 7.14. The first kappa shape index (κ1) is 13.8. The van der Waals surface area contributed by atoms with E-state index in [1.807, 2.05) is 18.2 Å². The number of ether oxygens (including phenoxy) is 1. The van der Waals surface area contributed by atoms with Crippen LogP contribution in [0, 0.1) is 6.92 Å². The van der Waals surface area contributed by atoms with E-state index >= 15 is 0 Å². The fraction of sp³-hybridized carbons (Fsp3) is 0.286. The second-order valence-electron chi connectivity index (χ2n) is 4.61. The maximum Gasteiger partial charge on any atom is 0.254 e. The fourth-order valence-corrected chi connectivity index (χ4v) is 2.16. The van der Waals surface area contributed by atoms with Gasteiger partial charge in [0, 0.05) is 4.47 Å². The Kier molecular flexibility index (Phi) is 4.04. The molecule has 0 saturated heterocycles. The molecule has 0 aliphatic heterocycles. The number of hydrogen-bond donors (Lipinski definition) is 1. The SMILES string of the molecule is Cc1nc(Oc2ccc(Br)cc2C(C)C)cc(=O)[nH]1. The number of benzene rings is 1. The predicted molar refractivity (Wildman–Crippen MR) is 77.9 cm³/mol. The van der Waals surface area contributed by atoms with E-state index in [0.717, 1.165) is 15.8 Å². The lowest BCUT2D eigenvalue weighted by molar-refractivity contribution is 0.450. The molecule has 0 unspecified atom stereocenters. The Bertz CT molecular complexity index is 650. The maximum absolute atomic E-state index is 11.4. The van der Waals surface area contributed by atoms with Crippen LogP contribution in [0.15, 0.2) is 33.5 Å². The number of halogens is 1. The molecule has 19 heavy (non-hydrogen) atoms. The van der Waals surface area contributed by atoms with E-state index < -0.39 is 0 Å². The molecule has 1 aromatic carbocycles. The number of aromatic nitrogens is 2. The molecule has 0 atom stereocenters. The highest BCUT2D eigenvalue weighted by Gasteiger charge is 2.10. The Hall–Kier alpha value is -1.62. The second-order valence-corrected chi connectivity index (χ2v) is 5.52. The zero-order chi connectivity index (χ0) is 14.0. The first-order valence-electron chi connectivity index (χ1n) is 6.01. The first-order valence-corrected chi connectivity index (χ1v) is 6.80. The first-order chi connectivity index (χ1) is 8.95. The van der Waals surface area contributed by atoms with E-state index in [4.69, 9.17) is 4.74 Å². The fourth-order valence-electron chi connectivity index (χ4n) is 1.78. The molecular formula is C14H15BrN2O2. The van der Waals surface area contributed by atoms with Crippen molar-refractivity contribution in [3.8, 4) is 11.6 Å². The Morgan fingerprint density at radius 2 is 2.05 bits per heavy atom. The number of aromatic amines is 1. The Labute approximate surface area is 120 Å². The van der Waals surface area contributed by atoms with Crippen LogP contribution in [0.5, 0.6) is 11.6 Å². The Morgan fingerprint density at radius 1 is 1.32 bits per heavy atom. The molecule has 0 amide bonds. The Morgan fingerprint density at radius 3 is 2.68 bits per heavy atom. The number of rotatable bonds is 3. The van der Waals surface area contributed by atoms with Gasteiger partial charge in [0.2, 0.25) is 5.88 Å². The van der Waals surface area contributed by atoms with Gasteiger partial charge in [0.05, 0.1) is 6.07 Å². The zero-order valence-electron chi connectivity index (χ0n) is 11.0. The molecule has 2 aromatic rings. The zero-order valence-corrected chi connectivity index (χ0v) is 12.6. The lowest BCUT2D eigenvalue weighted by atomic mass is 10.0. The quantitative estimate of drug-likeness (QED) is 0.936. The highest BCUT2D eigenvalue weighted by molar-refractivity contribution is 9.10. The van der Waals surface area contributed by atoms with E-state index in [1.165, 1.54) is 6.07 Å². The molecule has 100 valence electrons. The van der Waals surface area contributed by atoms with Crippen LogP contribution in [0.4, 0.5) is 0 Å². The van der Waals surface area contributed by atoms with Crippen molar-refractivity contribution in [1.82, 2.24) is 9.97 Å². The van der Waals surface area contributed by atoms with Gasteiger partial charge in [-0.1, -0.05) is 29.8 Å². The van der Waals surface area contributed by atoms with Crippen LogP contribution in [-0.4, -0.2) is 9.97 Å². The summed E-state index contributed by atoms with van der Waals surface area (Å²) >= 11 is 3.45. The number of hydrogen-bond acceptors (Lipinski definition) is 3. The molecule has 1 aromatic heterocycles. The van der Waals surface area contributed by atoms with Crippen molar-refractivity contribution in [3.05, 3.63) is 50.5 Å². The van der Waals surface area contributed by atoms with E-state index in [9.17, 15) is 4.79 Å². The number of nitrogens with one attached hydrogen (secondary N) is 1. The van der Waals surface area contributed by atoms with Gasteiger partial charge in [-0.25, -0.2) is 4.98 Å².